The van der Waals surface area contributed by atoms with Gasteiger partial charge in [-0.25, -0.2) is 0 Å². The molecule has 8 nitrogen and oxygen atoms in total. The number of imide groups is 1. The summed E-state index contributed by atoms with van der Waals surface area (Å²) < 4.78 is 5.16. The van der Waals surface area contributed by atoms with Gasteiger partial charge < -0.3 is 9.84 Å². The number of ketones is 2. The second-order valence-electron chi connectivity index (χ2n) is 8.64. The fourth-order valence-corrected chi connectivity index (χ4v) is 5.62. The van der Waals surface area contributed by atoms with Crippen LogP contribution in [0.5, 0.6) is 11.5 Å². The van der Waals surface area contributed by atoms with Crippen LogP contribution in [0.1, 0.15) is 31.2 Å². The monoisotopic (exact) mass is 435 g/mol. The minimum absolute atomic E-state index is 0.103. The molecule has 32 heavy (non-hydrogen) atoms. The molecular weight excluding hydrogens is 414 g/mol. The lowest BCUT2D eigenvalue weighted by Gasteiger charge is -2.42. The van der Waals surface area contributed by atoms with Crippen molar-refractivity contribution in [2.24, 2.45) is 17.8 Å². The van der Waals surface area contributed by atoms with Crippen molar-refractivity contribution in [1.29, 1.82) is 0 Å². The highest BCUT2D eigenvalue weighted by atomic mass is 16.5. The Balaban J connectivity index is 1.72. The molecule has 4 unspecified atom stereocenters. The maximum atomic E-state index is 13.1. The number of hydroxylamine groups is 2. The van der Waals surface area contributed by atoms with E-state index < -0.39 is 35.5 Å². The summed E-state index contributed by atoms with van der Waals surface area (Å²) in [7, 11) is 1.47. The second kappa shape index (κ2) is 7.00. The summed E-state index contributed by atoms with van der Waals surface area (Å²) >= 11 is 0. The zero-order valence-corrected chi connectivity index (χ0v) is 17.5. The molecule has 3 aliphatic carbocycles. The molecule has 0 spiro atoms. The number of nitrogens with zero attached hydrogens (tertiary/aromatic N) is 1. The first-order valence-corrected chi connectivity index (χ1v) is 10.4. The van der Waals surface area contributed by atoms with Crippen LogP contribution in [0.2, 0.25) is 0 Å². The van der Waals surface area contributed by atoms with Gasteiger partial charge in [-0.15, -0.1) is 0 Å². The van der Waals surface area contributed by atoms with Crippen molar-refractivity contribution >= 4 is 23.4 Å². The predicted molar refractivity (Wildman–Crippen MR) is 110 cm³/mol. The van der Waals surface area contributed by atoms with Gasteiger partial charge in [-0.3, -0.25) is 24.4 Å². The number of carbonyl (C=O) groups excluding carboxylic acids is 4. The second-order valence-corrected chi connectivity index (χ2v) is 8.64. The number of Topliss-reactive ketones (excluding diaryl/α,β-unsaturated/α-hetero) is 1. The van der Waals surface area contributed by atoms with E-state index in [2.05, 4.69) is 0 Å². The maximum Gasteiger partial charge on any atom is 0.257 e. The first-order valence-electron chi connectivity index (χ1n) is 10.4. The molecule has 4 aliphatic rings. The van der Waals surface area contributed by atoms with Gasteiger partial charge in [0, 0.05) is 34.3 Å². The van der Waals surface area contributed by atoms with Crippen LogP contribution in [0, 0.1) is 17.8 Å². The molecule has 2 N–H and O–H groups in total. The summed E-state index contributed by atoms with van der Waals surface area (Å²) in [4.78, 5) is 51.3. The van der Waals surface area contributed by atoms with Crippen LogP contribution in [0.4, 0.5) is 0 Å². The van der Waals surface area contributed by atoms with Gasteiger partial charge in [0.2, 0.25) is 0 Å². The van der Waals surface area contributed by atoms with E-state index in [1.807, 2.05) is 6.08 Å². The maximum absolute atomic E-state index is 13.1. The Bertz CT molecular complexity index is 1200. The molecule has 4 atom stereocenters. The average molecular weight is 435 g/mol. The summed E-state index contributed by atoms with van der Waals surface area (Å²) in [5, 5.41) is 20.9. The van der Waals surface area contributed by atoms with Crippen LogP contribution in [-0.4, -0.2) is 45.9 Å². The quantitative estimate of drug-likeness (QED) is 0.316. The number of aromatic hydroxyl groups is 1. The van der Waals surface area contributed by atoms with Crippen molar-refractivity contribution in [2.45, 2.75) is 25.7 Å². The van der Waals surface area contributed by atoms with Crippen molar-refractivity contribution < 1.29 is 34.2 Å². The fraction of sp³-hybridized carbons (Fsp3) is 0.333. The summed E-state index contributed by atoms with van der Waals surface area (Å²) in [5.74, 6) is -4.43. The summed E-state index contributed by atoms with van der Waals surface area (Å²) in [5.41, 5.74) is 2.02. The number of phenols is 1. The number of carbonyl (C=O) groups is 4. The van der Waals surface area contributed by atoms with Gasteiger partial charge in [-0.05, 0) is 37.8 Å². The number of allylic oxidation sites excluding steroid dienone is 6. The number of methoxy groups -OCH3 is 1. The van der Waals surface area contributed by atoms with E-state index in [1.54, 1.807) is 19.1 Å². The van der Waals surface area contributed by atoms with Gasteiger partial charge in [0.25, 0.3) is 11.8 Å². The van der Waals surface area contributed by atoms with Crippen LogP contribution in [0.25, 0.3) is 0 Å². The molecule has 0 aromatic heterocycles. The minimum Gasteiger partial charge on any atom is -0.507 e. The van der Waals surface area contributed by atoms with Crippen molar-refractivity contribution in [2.75, 3.05) is 7.11 Å². The standard InChI is InChI=1S/C24H21NO7/c1-10-7-18(27)21-16(22(10)28)9-15-12(5-6-14-20(15)24(30)25(31)23(14)29)19(21)13-4-3-11(32-2)8-17(13)26/h3-5,7-8,14-15,19-20,26,31H,6,9H2,1-2H3. The molecule has 1 saturated heterocycles. The summed E-state index contributed by atoms with van der Waals surface area (Å²) in [6.07, 6.45) is 3.47. The van der Waals surface area contributed by atoms with Crippen molar-refractivity contribution in [3.05, 3.63) is 58.2 Å². The van der Waals surface area contributed by atoms with E-state index >= 15 is 0 Å². The predicted octanol–water partition coefficient (Wildman–Crippen LogP) is 2.22. The van der Waals surface area contributed by atoms with Crippen LogP contribution in [0.15, 0.2) is 52.6 Å². The molecule has 1 fully saturated rings. The number of ether oxygens (including phenoxy) is 1. The van der Waals surface area contributed by atoms with Crippen LogP contribution in [0.3, 0.4) is 0 Å². The molecule has 164 valence electrons. The third-order valence-corrected chi connectivity index (χ3v) is 7.09. The van der Waals surface area contributed by atoms with E-state index in [9.17, 15) is 29.5 Å². The topological polar surface area (TPSA) is 121 Å². The molecule has 0 saturated carbocycles. The highest BCUT2D eigenvalue weighted by Crippen LogP contribution is 2.56. The van der Waals surface area contributed by atoms with E-state index in [0.29, 0.717) is 33.6 Å². The SMILES string of the molecule is COc1ccc(C2C3=CCC4C(=O)N(O)C(=O)C4C3CC3=C2C(=O)C=C(C)C3=O)c(O)c1. The molecule has 8 heteroatoms. The molecule has 1 aliphatic heterocycles. The van der Waals surface area contributed by atoms with Gasteiger partial charge in [0.05, 0.1) is 18.9 Å². The van der Waals surface area contributed by atoms with Crippen molar-refractivity contribution in [3.8, 4) is 11.5 Å². The van der Waals surface area contributed by atoms with Gasteiger partial charge in [-0.1, -0.05) is 17.7 Å². The number of phenolic OH excluding ortho intramolecular Hbond substituents is 1. The highest BCUT2D eigenvalue weighted by Gasteiger charge is 2.56. The van der Waals surface area contributed by atoms with Gasteiger partial charge in [0.15, 0.2) is 11.6 Å². The number of benzene rings is 1. The van der Waals surface area contributed by atoms with Crippen LogP contribution >= 0.6 is 0 Å². The lowest BCUT2D eigenvalue weighted by molar-refractivity contribution is -0.173. The molecule has 1 aromatic rings. The number of fused-ring (bicyclic) bond motifs is 3. The molecule has 1 heterocycles. The number of rotatable bonds is 2. The Hall–Kier alpha value is -3.52. The largest absolute Gasteiger partial charge is 0.507 e. The Morgan fingerprint density at radius 1 is 1.09 bits per heavy atom. The lowest BCUT2D eigenvalue weighted by Crippen LogP contribution is -2.39. The van der Waals surface area contributed by atoms with Gasteiger partial charge in [-0.2, -0.15) is 5.06 Å². The molecule has 2 amide bonds. The Labute approximate surface area is 183 Å². The summed E-state index contributed by atoms with van der Waals surface area (Å²) in [6, 6.07) is 4.73. The summed E-state index contributed by atoms with van der Waals surface area (Å²) in [6.45, 7) is 1.57. The third kappa shape index (κ3) is 2.65. The molecule has 0 bridgehead atoms. The first kappa shape index (κ1) is 20.4. The normalized spacial score (nSPS) is 29.4. The van der Waals surface area contributed by atoms with Gasteiger partial charge >= 0.3 is 0 Å². The van der Waals surface area contributed by atoms with E-state index in [1.165, 1.54) is 19.3 Å². The molecule has 5 rings (SSSR count). The fourth-order valence-electron chi connectivity index (χ4n) is 5.62. The molecule has 0 radical (unpaired) electrons. The van der Waals surface area contributed by atoms with E-state index in [-0.39, 0.29) is 35.2 Å². The number of hydrogen-bond acceptors (Lipinski definition) is 7. The Kier molecular flexibility index (Phi) is 4.46. The minimum atomic E-state index is -0.821. The molecule has 1 aromatic carbocycles. The zero-order valence-electron chi connectivity index (χ0n) is 17.5. The average Bonchev–Trinajstić information content (AvgIpc) is 3.00. The van der Waals surface area contributed by atoms with E-state index in [4.69, 9.17) is 4.74 Å². The number of amides is 2. The zero-order chi connectivity index (χ0) is 22.9. The van der Waals surface area contributed by atoms with E-state index in [0.717, 1.165) is 0 Å². The van der Waals surface area contributed by atoms with Crippen molar-refractivity contribution in [3.63, 3.8) is 0 Å². The van der Waals surface area contributed by atoms with Crippen LogP contribution in [-0.2, 0) is 19.2 Å². The third-order valence-electron chi connectivity index (χ3n) is 7.09. The van der Waals surface area contributed by atoms with Crippen molar-refractivity contribution in [1.82, 2.24) is 5.06 Å². The first-order chi connectivity index (χ1) is 15.2. The Morgan fingerprint density at radius 3 is 2.53 bits per heavy atom. The van der Waals surface area contributed by atoms with Crippen LogP contribution < -0.4 is 4.74 Å². The highest BCUT2D eigenvalue weighted by molar-refractivity contribution is 6.23. The van der Waals surface area contributed by atoms with Gasteiger partial charge in [0.1, 0.15) is 11.5 Å². The number of hydrogen-bond donors (Lipinski definition) is 2. The smallest absolute Gasteiger partial charge is 0.257 e. The molecular formula is C24H21NO7. The Morgan fingerprint density at radius 2 is 1.84 bits per heavy atom. The lowest BCUT2D eigenvalue weighted by atomic mass is 9.59.